The summed E-state index contributed by atoms with van der Waals surface area (Å²) in [5, 5.41) is 0. The molecular formula is C13H22O4. The monoisotopic (exact) mass is 242 g/mol. The molecule has 2 rings (SSSR count). The number of hydrogen-bond acceptors (Lipinski definition) is 4. The van der Waals surface area contributed by atoms with Crippen molar-refractivity contribution in [3.05, 3.63) is 0 Å². The number of carbonyl (C=O) groups excluding carboxylic acids is 1. The van der Waals surface area contributed by atoms with Crippen LogP contribution in [0.25, 0.3) is 0 Å². The van der Waals surface area contributed by atoms with Crippen molar-refractivity contribution in [3.63, 3.8) is 0 Å². The quantitative estimate of drug-likeness (QED) is 0.560. The van der Waals surface area contributed by atoms with Crippen molar-refractivity contribution in [1.29, 1.82) is 0 Å². The van der Waals surface area contributed by atoms with Gasteiger partial charge in [0.25, 0.3) is 0 Å². The van der Waals surface area contributed by atoms with Crippen LogP contribution in [0.2, 0.25) is 0 Å². The van der Waals surface area contributed by atoms with Crippen LogP contribution in [-0.4, -0.2) is 31.6 Å². The largest absolute Gasteiger partial charge is 0.465 e. The van der Waals surface area contributed by atoms with E-state index in [1.54, 1.807) is 0 Å². The Balaban J connectivity index is 1.72. The predicted molar refractivity (Wildman–Crippen MR) is 62.5 cm³/mol. The first kappa shape index (κ1) is 12.8. The summed E-state index contributed by atoms with van der Waals surface area (Å²) in [6.07, 6.45) is 5.30. The SMILES string of the molecule is CCCCOC(=O)C1CCC2(CC1)OCCO2. The van der Waals surface area contributed by atoms with E-state index < -0.39 is 0 Å². The molecule has 0 aromatic carbocycles. The van der Waals surface area contributed by atoms with Crippen LogP contribution in [0.5, 0.6) is 0 Å². The van der Waals surface area contributed by atoms with Crippen molar-refractivity contribution in [3.8, 4) is 0 Å². The topological polar surface area (TPSA) is 44.8 Å². The van der Waals surface area contributed by atoms with Gasteiger partial charge in [-0.1, -0.05) is 13.3 Å². The lowest BCUT2D eigenvalue weighted by Crippen LogP contribution is -2.37. The maximum atomic E-state index is 11.8. The zero-order chi connectivity index (χ0) is 12.1. The Morgan fingerprint density at radius 2 is 1.94 bits per heavy atom. The second-order valence-corrected chi connectivity index (χ2v) is 4.90. The van der Waals surface area contributed by atoms with Gasteiger partial charge >= 0.3 is 5.97 Å². The van der Waals surface area contributed by atoms with E-state index in [1.165, 1.54) is 0 Å². The van der Waals surface area contributed by atoms with Crippen molar-refractivity contribution in [2.45, 2.75) is 51.2 Å². The van der Waals surface area contributed by atoms with Gasteiger partial charge in [0.1, 0.15) is 0 Å². The minimum Gasteiger partial charge on any atom is -0.465 e. The second-order valence-electron chi connectivity index (χ2n) is 4.90. The Kier molecular flexibility index (Phi) is 4.40. The molecule has 0 bridgehead atoms. The molecule has 1 heterocycles. The molecule has 1 spiro atoms. The van der Waals surface area contributed by atoms with Gasteiger partial charge in [-0.2, -0.15) is 0 Å². The number of hydrogen-bond donors (Lipinski definition) is 0. The molecule has 4 heteroatoms. The Morgan fingerprint density at radius 3 is 2.53 bits per heavy atom. The van der Waals surface area contributed by atoms with E-state index in [1.807, 2.05) is 0 Å². The summed E-state index contributed by atoms with van der Waals surface area (Å²) in [6.45, 7) is 4.02. The van der Waals surface area contributed by atoms with Gasteiger partial charge in [-0.3, -0.25) is 4.79 Å². The lowest BCUT2D eigenvalue weighted by molar-refractivity contribution is -0.187. The van der Waals surface area contributed by atoms with Gasteiger partial charge in [0.05, 0.1) is 25.7 Å². The standard InChI is InChI=1S/C13H22O4/c1-2-3-8-15-12(14)11-4-6-13(7-5-11)16-9-10-17-13/h11H,2-10H2,1H3. The molecule has 1 saturated heterocycles. The summed E-state index contributed by atoms with van der Waals surface area (Å²) >= 11 is 0. The van der Waals surface area contributed by atoms with Gasteiger partial charge in [0.2, 0.25) is 0 Å². The van der Waals surface area contributed by atoms with Crippen molar-refractivity contribution in [2.75, 3.05) is 19.8 Å². The molecule has 4 nitrogen and oxygen atoms in total. The number of rotatable bonds is 4. The number of ether oxygens (including phenoxy) is 3. The van der Waals surface area contributed by atoms with E-state index in [-0.39, 0.29) is 17.7 Å². The molecular weight excluding hydrogens is 220 g/mol. The molecule has 2 fully saturated rings. The Labute approximate surface area is 103 Å². The molecule has 2 aliphatic rings. The van der Waals surface area contributed by atoms with Crippen LogP contribution in [0.4, 0.5) is 0 Å². The van der Waals surface area contributed by atoms with Crippen LogP contribution >= 0.6 is 0 Å². The maximum Gasteiger partial charge on any atom is 0.308 e. The Hall–Kier alpha value is -0.610. The van der Waals surface area contributed by atoms with E-state index in [0.717, 1.165) is 38.5 Å². The van der Waals surface area contributed by atoms with E-state index in [4.69, 9.17) is 14.2 Å². The summed E-state index contributed by atoms with van der Waals surface area (Å²) in [6, 6.07) is 0. The van der Waals surface area contributed by atoms with Crippen LogP contribution in [0, 0.1) is 5.92 Å². The fourth-order valence-electron chi connectivity index (χ4n) is 2.51. The maximum absolute atomic E-state index is 11.8. The third-order valence-corrected chi connectivity index (χ3v) is 3.64. The molecule has 0 amide bonds. The molecule has 0 unspecified atom stereocenters. The van der Waals surface area contributed by atoms with Crippen molar-refractivity contribution in [2.24, 2.45) is 5.92 Å². The van der Waals surface area contributed by atoms with Crippen LogP contribution in [0.3, 0.4) is 0 Å². The summed E-state index contributed by atoms with van der Waals surface area (Å²) < 4.78 is 16.5. The highest BCUT2D eigenvalue weighted by Crippen LogP contribution is 2.38. The molecule has 0 atom stereocenters. The number of carbonyl (C=O) groups is 1. The van der Waals surface area contributed by atoms with Crippen molar-refractivity contribution >= 4 is 5.97 Å². The summed E-state index contributed by atoms with van der Waals surface area (Å²) in [5.41, 5.74) is 0. The fraction of sp³-hybridized carbons (Fsp3) is 0.923. The molecule has 17 heavy (non-hydrogen) atoms. The summed E-state index contributed by atoms with van der Waals surface area (Å²) in [7, 11) is 0. The van der Waals surface area contributed by atoms with Gasteiger partial charge in [-0.05, 0) is 19.3 Å². The highest BCUT2D eigenvalue weighted by atomic mass is 16.7. The Bertz CT molecular complexity index is 248. The average Bonchev–Trinajstić information content (AvgIpc) is 2.79. The summed E-state index contributed by atoms with van der Waals surface area (Å²) in [5.74, 6) is -0.364. The first-order valence-corrected chi connectivity index (χ1v) is 6.70. The van der Waals surface area contributed by atoms with E-state index >= 15 is 0 Å². The van der Waals surface area contributed by atoms with Crippen LogP contribution in [0.15, 0.2) is 0 Å². The van der Waals surface area contributed by atoms with Gasteiger partial charge < -0.3 is 14.2 Å². The van der Waals surface area contributed by atoms with Crippen LogP contribution < -0.4 is 0 Å². The molecule has 0 aromatic heterocycles. The minimum absolute atomic E-state index is 0.0358. The second kappa shape index (κ2) is 5.83. The van der Waals surface area contributed by atoms with Crippen LogP contribution in [0.1, 0.15) is 45.4 Å². The van der Waals surface area contributed by atoms with E-state index in [0.29, 0.717) is 19.8 Å². The molecule has 1 saturated carbocycles. The van der Waals surface area contributed by atoms with E-state index in [9.17, 15) is 4.79 Å². The lowest BCUT2D eigenvalue weighted by Gasteiger charge is -2.34. The molecule has 1 aliphatic carbocycles. The lowest BCUT2D eigenvalue weighted by atomic mass is 9.85. The van der Waals surface area contributed by atoms with Gasteiger partial charge in [-0.25, -0.2) is 0 Å². The fourth-order valence-corrected chi connectivity index (χ4v) is 2.51. The summed E-state index contributed by atoms with van der Waals surface area (Å²) in [4.78, 5) is 11.8. The van der Waals surface area contributed by atoms with Crippen LogP contribution in [-0.2, 0) is 19.0 Å². The molecule has 0 aromatic rings. The van der Waals surface area contributed by atoms with Crippen molar-refractivity contribution < 1.29 is 19.0 Å². The average molecular weight is 242 g/mol. The van der Waals surface area contributed by atoms with Crippen molar-refractivity contribution in [1.82, 2.24) is 0 Å². The van der Waals surface area contributed by atoms with Gasteiger partial charge in [0, 0.05) is 12.8 Å². The zero-order valence-electron chi connectivity index (χ0n) is 10.6. The first-order valence-electron chi connectivity index (χ1n) is 6.70. The molecule has 1 aliphatic heterocycles. The normalized spacial score (nSPS) is 24.1. The van der Waals surface area contributed by atoms with Gasteiger partial charge in [0.15, 0.2) is 5.79 Å². The zero-order valence-corrected chi connectivity index (χ0v) is 10.6. The molecule has 98 valence electrons. The smallest absolute Gasteiger partial charge is 0.308 e. The van der Waals surface area contributed by atoms with E-state index in [2.05, 4.69) is 6.92 Å². The predicted octanol–water partition coefficient (Wildman–Crippen LogP) is 2.26. The van der Waals surface area contributed by atoms with Gasteiger partial charge in [-0.15, -0.1) is 0 Å². The first-order chi connectivity index (χ1) is 8.26. The molecule has 0 N–H and O–H groups in total. The highest BCUT2D eigenvalue weighted by Gasteiger charge is 2.42. The number of unbranched alkanes of at least 4 members (excludes halogenated alkanes) is 1. The molecule has 0 radical (unpaired) electrons. The third kappa shape index (κ3) is 3.19. The number of esters is 1. The Morgan fingerprint density at radius 1 is 1.29 bits per heavy atom. The highest BCUT2D eigenvalue weighted by molar-refractivity contribution is 5.72. The minimum atomic E-state index is -0.375. The third-order valence-electron chi connectivity index (χ3n) is 3.64.